The third-order valence-corrected chi connectivity index (χ3v) is 6.28. The molecule has 0 radical (unpaired) electrons. The number of aromatic nitrogens is 1. The van der Waals surface area contributed by atoms with Crippen LogP contribution in [0, 0.1) is 6.92 Å². The van der Waals surface area contributed by atoms with Crippen molar-refractivity contribution in [3.05, 3.63) is 69.0 Å². The lowest BCUT2D eigenvalue weighted by molar-refractivity contribution is -0.102. The molecule has 150 valence electrons. The number of aliphatic hydroxyl groups is 1. The van der Waals surface area contributed by atoms with Gasteiger partial charge in [-0.05, 0) is 37.5 Å². The molecule has 2 N–H and O–H groups in total. The van der Waals surface area contributed by atoms with Crippen molar-refractivity contribution in [2.24, 2.45) is 0 Å². The fourth-order valence-electron chi connectivity index (χ4n) is 5.03. The number of methoxy groups -OCH3 is 2. The van der Waals surface area contributed by atoms with Crippen molar-refractivity contribution >= 4 is 10.9 Å². The lowest BCUT2D eigenvalue weighted by Gasteiger charge is -2.41. The van der Waals surface area contributed by atoms with E-state index >= 15 is 0 Å². The molecule has 6 nitrogen and oxygen atoms in total. The van der Waals surface area contributed by atoms with Gasteiger partial charge in [0.1, 0.15) is 11.4 Å². The van der Waals surface area contributed by atoms with Crippen LogP contribution in [0.3, 0.4) is 0 Å². The quantitative estimate of drug-likeness (QED) is 0.714. The van der Waals surface area contributed by atoms with E-state index in [-0.39, 0.29) is 17.3 Å². The average Bonchev–Trinajstić information content (AvgIpc) is 3.19. The van der Waals surface area contributed by atoms with Crippen LogP contribution in [0.1, 0.15) is 41.3 Å². The molecule has 0 spiro atoms. The maximum atomic E-state index is 13.3. The number of hydrogen-bond acceptors (Lipinski definition) is 5. The van der Waals surface area contributed by atoms with Gasteiger partial charge >= 0.3 is 0 Å². The van der Waals surface area contributed by atoms with Crippen molar-refractivity contribution in [1.29, 1.82) is 0 Å². The minimum atomic E-state index is -1.41. The minimum absolute atomic E-state index is 0.188. The Kier molecular flexibility index (Phi) is 3.98. The van der Waals surface area contributed by atoms with Crippen molar-refractivity contribution in [2.75, 3.05) is 14.2 Å². The van der Waals surface area contributed by atoms with Gasteiger partial charge < -0.3 is 24.3 Å². The molecular weight excluding hydrogens is 370 g/mol. The smallest absolute Gasteiger partial charge is 0.231 e. The highest BCUT2D eigenvalue weighted by molar-refractivity contribution is 5.86. The number of ether oxygens (including phenoxy) is 3. The van der Waals surface area contributed by atoms with Gasteiger partial charge in [0.25, 0.3) is 0 Å². The number of pyridine rings is 1. The van der Waals surface area contributed by atoms with Crippen LogP contribution < -0.4 is 14.9 Å². The summed E-state index contributed by atoms with van der Waals surface area (Å²) in [6.45, 7) is 1.81. The Morgan fingerprint density at radius 1 is 1.10 bits per heavy atom. The molecule has 0 aliphatic carbocycles. The number of fused-ring (bicyclic) bond motifs is 6. The zero-order chi connectivity index (χ0) is 20.3. The first-order valence-corrected chi connectivity index (χ1v) is 9.76. The van der Waals surface area contributed by atoms with Gasteiger partial charge in [-0.3, -0.25) is 4.79 Å². The van der Waals surface area contributed by atoms with Gasteiger partial charge in [0.15, 0.2) is 5.75 Å². The highest BCUT2D eigenvalue weighted by atomic mass is 16.5. The van der Waals surface area contributed by atoms with Crippen LogP contribution in [0.25, 0.3) is 10.9 Å². The van der Waals surface area contributed by atoms with Crippen molar-refractivity contribution in [2.45, 2.75) is 37.6 Å². The number of rotatable bonds is 3. The first-order chi connectivity index (χ1) is 14.0. The maximum Gasteiger partial charge on any atom is 0.231 e. The largest absolute Gasteiger partial charge is 0.496 e. The van der Waals surface area contributed by atoms with Gasteiger partial charge in [-0.25, -0.2) is 0 Å². The molecule has 3 heterocycles. The van der Waals surface area contributed by atoms with E-state index in [1.165, 1.54) is 7.11 Å². The predicted octanol–water partition coefficient (Wildman–Crippen LogP) is 3.32. The zero-order valence-corrected chi connectivity index (χ0v) is 16.6. The molecule has 3 atom stereocenters. The molecule has 3 unspecified atom stereocenters. The number of H-pyrrole nitrogens is 1. The van der Waals surface area contributed by atoms with Crippen molar-refractivity contribution in [3.8, 4) is 11.5 Å². The number of aromatic amines is 1. The predicted molar refractivity (Wildman–Crippen MR) is 109 cm³/mol. The first-order valence-electron chi connectivity index (χ1n) is 9.76. The number of para-hydroxylation sites is 1. The van der Waals surface area contributed by atoms with Gasteiger partial charge in [0.2, 0.25) is 5.43 Å². The molecule has 1 aromatic heterocycles. The minimum Gasteiger partial charge on any atom is -0.496 e. The second kappa shape index (κ2) is 6.34. The van der Waals surface area contributed by atoms with Crippen molar-refractivity contribution < 1.29 is 19.3 Å². The van der Waals surface area contributed by atoms with Crippen molar-refractivity contribution in [3.63, 3.8) is 0 Å². The van der Waals surface area contributed by atoms with Crippen LogP contribution >= 0.6 is 0 Å². The maximum absolute atomic E-state index is 13.3. The molecule has 29 heavy (non-hydrogen) atoms. The molecule has 2 bridgehead atoms. The summed E-state index contributed by atoms with van der Waals surface area (Å²) in [5.74, 6) is 0.872. The molecule has 1 saturated heterocycles. The SMILES string of the molecule is COc1ccccc1C1(O)c2ccc3[nH]c(C)c(OC)c(=O)c3c2C2CCC1O2. The second-order valence-corrected chi connectivity index (χ2v) is 7.72. The molecule has 2 aliphatic rings. The Morgan fingerprint density at radius 2 is 1.90 bits per heavy atom. The molecular formula is C23H23NO5. The molecule has 2 aromatic carbocycles. The number of benzene rings is 2. The molecule has 3 aromatic rings. The standard InChI is InChI=1S/C23H23NO5/c1-12-22(28-3)21(25)20-15(24-12)9-8-14-19(20)17-10-11-18(29-17)23(14,26)13-6-4-5-7-16(13)27-2/h4-9,17-18,26H,10-11H2,1-3H3,(H,24,25). The lowest BCUT2D eigenvalue weighted by Crippen LogP contribution is -2.44. The number of aryl methyl sites for hydroxylation is 1. The summed E-state index contributed by atoms with van der Waals surface area (Å²) in [6, 6.07) is 11.2. The highest BCUT2D eigenvalue weighted by Gasteiger charge is 2.53. The van der Waals surface area contributed by atoms with Gasteiger partial charge in [-0.2, -0.15) is 0 Å². The summed E-state index contributed by atoms with van der Waals surface area (Å²) in [6.07, 6.45) is 0.794. The van der Waals surface area contributed by atoms with E-state index in [0.717, 1.165) is 12.0 Å². The summed E-state index contributed by atoms with van der Waals surface area (Å²) < 4.78 is 17.2. The summed E-state index contributed by atoms with van der Waals surface area (Å²) >= 11 is 0. The average molecular weight is 393 g/mol. The van der Waals surface area contributed by atoms with Gasteiger partial charge in [-0.1, -0.05) is 24.3 Å². The van der Waals surface area contributed by atoms with Crippen molar-refractivity contribution in [1.82, 2.24) is 4.98 Å². The van der Waals surface area contributed by atoms with Gasteiger partial charge in [0.05, 0.1) is 43.0 Å². The topological polar surface area (TPSA) is 80.8 Å². The Labute approximate surface area is 168 Å². The van der Waals surface area contributed by atoms with Crippen LogP contribution in [0.5, 0.6) is 11.5 Å². The second-order valence-electron chi connectivity index (χ2n) is 7.72. The lowest BCUT2D eigenvalue weighted by atomic mass is 9.77. The van der Waals surface area contributed by atoms with Gasteiger partial charge in [0, 0.05) is 11.1 Å². The normalized spacial score (nSPS) is 25.1. The molecule has 2 aliphatic heterocycles. The van der Waals surface area contributed by atoms with Crippen LogP contribution in [-0.4, -0.2) is 30.4 Å². The zero-order valence-electron chi connectivity index (χ0n) is 16.6. The molecule has 0 amide bonds. The monoisotopic (exact) mass is 393 g/mol. The molecule has 5 rings (SSSR count). The molecule has 0 saturated carbocycles. The summed E-state index contributed by atoms with van der Waals surface area (Å²) in [5, 5.41) is 12.6. The van der Waals surface area contributed by atoms with E-state index in [4.69, 9.17) is 14.2 Å². The molecule has 1 fully saturated rings. The van der Waals surface area contributed by atoms with E-state index < -0.39 is 11.7 Å². The Morgan fingerprint density at radius 3 is 2.66 bits per heavy atom. The highest BCUT2D eigenvalue weighted by Crippen LogP contribution is 2.54. The fraction of sp³-hybridized carbons (Fsp3) is 0.348. The summed E-state index contributed by atoms with van der Waals surface area (Å²) in [7, 11) is 3.08. The van der Waals surface area contributed by atoms with Gasteiger partial charge in [-0.15, -0.1) is 0 Å². The third kappa shape index (κ3) is 2.33. The first kappa shape index (κ1) is 18.2. The number of hydrogen-bond donors (Lipinski definition) is 2. The third-order valence-electron chi connectivity index (χ3n) is 6.28. The Bertz CT molecular complexity index is 1180. The van der Waals surface area contributed by atoms with Crippen LogP contribution in [0.15, 0.2) is 41.2 Å². The Hall–Kier alpha value is -2.83. The molecule has 6 heteroatoms. The van der Waals surface area contributed by atoms with Crippen LogP contribution in [0.2, 0.25) is 0 Å². The van der Waals surface area contributed by atoms with Crippen LogP contribution in [-0.2, 0) is 10.3 Å². The van der Waals surface area contributed by atoms with E-state index in [1.54, 1.807) is 7.11 Å². The Balaban J connectivity index is 1.89. The van der Waals surface area contributed by atoms with E-state index in [0.29, 0.717) is 39.9 Å². The van der Waals surface area contributed by atoms with Crippen LogP contribution in [0.4, 0.5) is 0 Å². The van der Waals surface area contributed by atoms with E-state index in [2.05, 4.69) is 4.98 Å². The number of nitrogens with one attached hydrogen (secondary N) is 1. The summed E-state index contributed by atoms with van der Waals surface area (Å²) in [4.78, 5) is 16.6. The van der Waals surface area contributed by atoms with E-state index in [9.17, 15) is 9.90 Å². The summed E-state index contributed by atoms with van der Waals surface area (Å²) in [5.41, 5.74) is 1.87. The fourth-order valence-corrected chi connectivity index (χ4v) is 5.03. The van der Waals surface area contributed by atoms with E-state index in [1.807, 2.05) is 43.3 Å².